The lowest BCUT2D eigenvalue weighted by atomic mass is 9.72. The third kappa shape index (κ3) is 3.83. The second-order valence-corrected chi connectivity index (χ2v) is 1.69. The molecule has 0 amide bonds. The van der Waals surface area contributed by atoms with E-state index in [0.717, 1.165) is 0 Å². The molecule has 9 heavy (non-hydrogen) atoms. The zero-order valence-electron chi connectivity index (χ0n) is 6.09. The first-order chi connectivity index (χ1) is 4.35. The second kappa shape index (κ2) is 5.42. The Hall–Kier alpha value is -0.715. The molecule has 0 N–H and O–H groups in total. The fourth-order valence-electron chi connectivity index (χ4n) is 0.577. The molecule has 0 nitrogen and oxygen atoms in total. The van der Waals surface area contributed by atoms with Crippen molar-refractivity contribution >= 4 is 7.28 Å². The van der Waals surface area contributed by atoms with E-state index in [-0.39, 0.29) is 0 Å². The quantitative estimate of drug-likeness (QED) is 0.395. The number of hydrogen-bond donors (Lipinski definition) is 0. The molecule has 0 bridgehead atoms. The molecule has 0 saturated carbocycles. The summed E-state index contributed by atoms with van der Waals surface area (Å²) in [6, 6.07) is 0. The van der Waals surface area contributed by atoms with Crippen LogP contribution in [0.1, 0.15) is 6.92 Å². The van der Waals surface area contributed by atoms with Gasteiger partial charge in [-0.05, 0) is 6.92 Å². The highest BCUT2D eigenvalue weighted by Gasteiger charge is 1.83. The molecule has 47 valence electrons. The van der Waals surface area contributed by atoms with Crippen molar-refractivity contribution < 1.29 is 0 Å². The van der Waals surface area contributed by atoms with Gasteiger partial charge in [0, 0.05) is 0 Å². The van der Waals surface area contributed by atoms with Crippen molar-refractivity contribution in [1.29, 1.82) is 0 Å². The molecule has 0 saturated heterocycles. The van der Waals surface area contributed by atoms with Gasteiger partial charge in [-0.2, -0.15) is 0 Å². The first kappa shape index (κ1) is 8.28. The SMILES string of the molecule is C=C/C=C([B]C)\C=C/C. The van der Waals surface area contributed by atoms with Crippen LogP contribution in [0.15, 0.2) is 36.4 Å². The van der Waals surface area contributed by atoms with E-state index in [9.17, 15) is 0 Å². The Kier molecular flexibility index (Phi) is 4.99. The smallest absolute Gasteiger partial charge is 0.0991 e. The van der Waals surface area contributed by atoms with E-state index in [4.69, 9.17) is 0 Å². The van der Waals surface area contributed by atoms with Gasteiger partial charge in [0.25, 0.3) is 0 Å². The van der Waals surface area contributed by atoms with E-state index in [2.05, 4.69) is 6.58 Å². The maximum Gasteiger partial charge on any atom is 0.148 e. The van der Waals surface area contributed by atoms with Crippen molar-refractivity contribution in [1.82, 2.24) is 0 Å². The largest absolute Gasteiger partial charge is 0.148 e. The van der Waals surface area contributed by atoms with Gasteiger partial charge < -0.3 is 0 Å². The standard InChI is InChI=1S/C8H12B/c1-4-6-8(9-3)7-5-2/h4-7H,1H2,2-3H3/b7-5-,8-6+. The van der Waals surface area contributed by atoms with Gasteiger partial charge in [-0.15, -0.1) is 0 Å². The molecule has 0 aromatic carbocycles. The summed E-state index contributed by atoms with van der Waals surface area (Å²) in [6.45, 7) is 7.61. The van der Waals surface area contributed by atoms with Crippen LogP contribution in [0, 0.1) is 0 Å². The maximum absolute atomic E-state index is 3.60. The van der Waals surface area contributed by atoms with Crippen molar-refractivity contribution in [2.24, 2.45) is 0 Å². The molecule has 1 heteroatoms. The lowest BCUT2D eigenvalue weighted by Gasteiger charge is -1.89. The van der Waals surface area contributed by atoms with Gasteiger partial charge in [0.1, 0.15) is 7.28 Å². The fraction of sp³-hybridized carbons (Fsp3) is 0.250. The van der Waals surface area contributed by atoms with E-state index in [1.165, 1.54) is 5.47 Å². The van der Waals surface area contributed by atoms with Gasteiger partial charge in [0.2, 0.25) is 0 Å². The van der Waals surface area contributed by atoms with Gasteiger partial charge in [0.15, 0.2) is 0 Å². The second-order valence-electron chi connectivity index (χ2n) is 1.69. The van der Waals surface area contributed by atoms with E-state index in [1.54, 1.807) is 6.08 Å². The average molecular weight is 119 g/mol. The van der Waals surface area contributed by atoms with Crippen LogP contribution >= 0.6 is 0 Å². The summed E-state index contributed by atoms with van der Waals surface area (Å²) in [5.41, 5.74) is 1.20. The first-order valence-corrected chi connectivity index (χ1v) is 3.10. The monoisotopic (exact) mass is 119 g/mol. The molecule has 0 aliphatic rings. The van der Waals surface area contributed by atoms with Gasteiger partial charge in [-0.25, -0.2) is 0 Å². The van der Waals surface area contributed by atoms with Crippen molar-refractivity contribution in [3.8, 4) is 0 Å². The van der Waals surface area contributed by atoms with Crippen molar-refractivity contribution in [2.45, 2.75) is 13.7 Å². The summed E-state index contributed by atoms with van der Waals surface area (Å²) in [6.07, 6.45) is 7.81. The predicted molar refractivity (Wildman–Crippen MR) is 44.7 cm³/mol. The van der Waals surface area contributed by atoms with Crippen molar-refractivity contribution in [3.63, 3.8) is 0 Å². The lowest BCUT2D eigenvalue weighted by Crippen LogP contribution is -1.83. The molecule has 0 heterocycles. The Labute approximate surface area is 58.2 Å². The van der Waals surface area contributed by atoms with Gasteiger partial charge >= 0.3 is 0 Å². The summed E-state index contributed by atoms with van der Waals surface area (Å²) >= 11 is 0. The van der Waals surface area contributed by atoms with Crippen molar-refractivity contribution in [3.05, 3.63) is 36.4 Å². The molecule has 0 spiro atoms. The minimum atomic E-state index is 1.20. The summed E-state index contributed by atoms with van der Waals surface area (Å²) < 4.78 is 0. The van der Waals surface area contributed by atoms with Crippen LogP contribution < -0.4 is 0 Å². The maximum atomic E-state index is 3.60. The molecule has 0 rings (SSSR count). The van der Waals surface area contributed by atoms with Crippen LogP contribution in [0.25, 0.3) is 0 Å². The molecule has 1 radical (unpaired) electrons. The van der Waals surface area contributed by atoms with E-state index in [1.807, 2.05) is 39.3 Å². The summed E-state index contributed by atoms with van der Waals surface area (Å²) in [5, 5.41) is 0. The summed E-state index contributed by atoms with van der Waals surface area (Å²) in [5.74, 6) is 0. The first-order valence-electron chi connectivity index (χ1n) is 3.10. The molecule has 0 unspecified atom stereocenters. The fourth-order valence-corrected chi connectivity index (χ4v) is 0.577. The zero-order valence-corrected chi connectivity index (χ0v) is 6.09. The van der Waals surface area contributed by atoms with Gasteiger partial charge in [0.05, 0.1) is 0 Å². The van der Waals surface area contributed by atoms with Gasteiger partial charge in [-0.3, -0.25) is 0 Å². The number of hydrogen-bond acceptors (Lipinski definition) is 0. The van der Waals surface area contributed by atoms with Crippen LogP contribution in [-0.4, -0.2) is 7.28 Å². The zero-order chi connectivity index (χ0) is 7.11. The summed E-state index contributed by atoms with van der Waals surface area (Å²) in [7, 11) is 2.04. The van der Waals surface area contributed by atoms with Crippen molar-refractivity contribution in [2.75, 3.05) is 0 Å². The molecular formula is C8H12B. The highest BCUT2D eigenvalue weighted by molar-refractivity contribution is 6.44. The third-order valence-electron chi connectivity index (χ3n) is 1.00. The van der Waals surface area contributed by atoms with Crippen LogP contribution in [0.2, 0.25) is 6.82 Å². The number of rotatable bonds is 3. The average Bonchev–Trinajstić information content (AvgIpc) is 1.88. The molecular weight excluding hydrogens is 107 g/mol. The molecule has 0 aromatic heterocycles. The predicted octanol–water partition coefficient (Wildman–Crippen LogP) is 2.38. The molecule has 0 aliphatic heterocycles. The normalized spacial score (nSPS) is 12.0. The Bertz CT molecular complexity index is 132. The summed E-state index contributed by atoms with van der Waals surface area (Å²) in [4.78, 5) is 0. The molecule has 0 aliphatic carbocycles. The Balaban J connectivity index is 3.96. The van der Waals surface area contributed by atoms with Crippen LogP contribution in [-0.2, 0) is 0 Å². The third-order valence-corrected chi connectivity index (χ3v) is 1.00. The molecule has 0 fully saturated rings. The van der Waals surface area contributed by atoms with Gasteiger partial charge in [-0.1, -0.05) is 43.2 Å². The molecule has 0 aromatic rings. The Morgan fingerprint density at radius 1 is 1.56 bits per heavy atom. The Morgan fingerprint density at radius 2 is 2.22 bits per heavy atom. The van der Waals surface area contributed by atoms with E-state index < -0.39 is 0 Å². The topological polar surface area (TPSA) is 0 Å². The lowest BCUT2D eigenvalue weighted by molar-refractivity contribution is 1.70. The number of allylic oxidation sites excluding steroid dienone is 5. The van der Waals surface area contributed by atoms with Crippen LogP contribution in [0.3, 0.4) is 0 Å². The highest BCUT2D eigenvalue weighted by atomic mass is 13.7. The van der Waals surface area contributed by atoms with E-state index in [0.29, 0.717) is 0 Å². The van der Waals surface area contributed by atoms with Crippen LogP contribution in [0.5, 0.6) is 0 Å². The minimum absolute atomic E-state index is 1.20. The Morgan fingerprint density at radius 3 is 2.56 bits per heavy atom. The minimum Gasteiger partial charge on any atom is -0.0991 e. The van der Waals surface area contributed by atoms with E-state index >= 15 is 0 Å². The van der Waals surface area contributed by atoms with Crippen LogP contribution in [0.4, 0.5) is 0 Å². The highest BCUT2D eigenvalue weighted by Crippen LogP contribution is 1.93. The molecule has 0 atom stereocenters.